The fourth-order valence-corrected chi connectivity index (χ4v) is 2.97. The molecule has 1 heterocycles. The molecule has 120 valence electrons. The van der Waals surface area contributed by atoms with Crippen LogP contribution in [0.1, 0.15) is 6.92 Å². The zero-order valence-electron chi connectivity index (χ0n) is 12.5. The summed E-state index contributed by atoms with van der Waals surface area (Å²) in [4.78, 5) is 24.3. The second kappa shape index (κ2) is 7.48. The Balaban J connectivity index is 1.88. The number of hydrogen-bond donors (Lipinski definition) is 4. The Hall–Kier alpha value is -1.77. The second-order valence-corrected chi connectivity index (χ2v) is 6.07. The Bertz CT molecular complexity index is 555. The Labute approximate surface area is 133 Å². The van der Waals surface area contributed by atoms with E-state index in [0.717, 1.165) is 10.6 Å². The maximum absolute atomic E-state index is 12.1. The van der Waals surface area contributed by atoms with Gasteiger partial charge in [-0.1, -0.05) is 6.07 Å². The molecule has 1 aromatic rings. The van der Waals surface area contributed by atoms with Gasteiger partial charge in [-0.05, 0) is 25.1 Å². The molecule has 0 bridgehead atoms. The SMILES string of the molecule is COc1cccc(SCC(=O)NC2C(C)NNC2C(N)=O)c1. The lowest BCUT2D eigenvalue weighted by Gasteiger charge is -2.20. The van der Waals surface area contributed by atoms with Gasteiger partial charge in [0.05, 0.1) is 18.9 Å². The summed E-state index contributed by atoms with van der Waals surface area (Å²) in [6.07, 6.45) is 0. The third kappa shape index (κ3) is 4.12. The van der Waals surface area contributed by atoms with E-state index in [1.165, 1.54) is 11.8 Å². The van der Waals surface area contributed by atoms with E-state index in [1.807, 2.05) is 31.2 Å². The van der Waals surface area contributed by atoms with Crippen molar-refractivity contribution in [1.82, 2.24) is 16.2 Å². The average Bonchev–Trinajstić information content (AvgIpc) is 2.87. The molecule has 2 rings (SSSR count). The minimum atomic E-state index is -0.610. The second-order valence-electron chi connectivity index (χ2n) is 5.02. The lowest BCUT2D eigenvalue weighted by molar-refractivity contribution is -0.121. The highest BCUT2D eigenvalue weighted by Gasteiger charge is 2.37. The van der Waals surface area contributed by atoms with Crippen LogP contribution in [0.5, 0.6) is 5.75 Å². The van der Waals surface area contributed by atoms with E-state index in [4.69, 9.17) is 10.5 Å². The van der Waals surface area contributed by atoms with Crippen molar-refractivity contribution < 1.29 is 14.3 Å². The van der Waals surface area contributed by atoms with Gasteiger partial charge >= 0.3 is 0 Å². The van der Waals surface area contributed by atoms with Gasteiger partial charge in [-0.2, -0.15) is 0 Å². The normalized spacial score (nSPS) is 24.0. The first-order chi connectivity index (χ1) is 10.5. The first-order valence-corrected chi connectivity index (χ1v) is 7.86. The van der Waals surface area contributed by atoms with E-state index in [2.05, 4.69) is 16.2 Å². The predicted octanol–water partition coefficient (Wildman–Crippen LogP) is -0.378. The fraction of sp³-hybridized carbons (Fsp3) is 0.429. The highest BCUT2D eigenvalue weighted by atomic mass is 32.2. The highest BCUT2D eigenvalue weighted by molar-refractivity contribution is 8.00. The Kier molecular flexibility index (Phi) is 5.64. The highest BCUT2D eigenvalue weighted by Crippen LogP contribution is 2.22. The zero-order chi connectivity index (χ0) is 16.1. The van der Waals surface area contributed by atoms with Crippen LogP contribution in [0.3, 0.4) is 0 Å². The van der Waals surface area contributed by atoms with Crippen LogP contribution in [-0.2, 0) is 9.59 Å². The maximum Gasteiger partial charge on any atom is 0.238 e. The van der Waals surface area contributed by atoms with Gasteiger partial charge in [0.2, 0.25) is 11.8 Å². The maximum atomic E-state index is 12.1. The van der Waals surface area contributed by atoms with Gasteiger partial charge in [0, 0.05) is 10.9 Å². The van der Waals surface area contributed by atoms with Crippen LogP contribution in [0, 0.1) is 0 Å². The molecule has 22 heavy (non-hydrogen) atoms. The molecular formula is C14H20N4O3S. The number of ether oxygens (including phenoxy) is 1. The summed E-state index contributed by atoms with van der Waals surface area (Å²) >= 11 is 1.40. The van der Waals surface area contributed by atoms with Gasteiger partial charge in [-0.3, -0.25) is 15.0 Å². The van der Waals surface area contributed by atoms with Crippen LogP contribution in [0.2, 0.25) is 0 Å². The topological polar surface area (TPSA) is 105 Å². The van der Waals surface area contributed by atoms with Crippen molar-refractivity contribution in [2.45, 2.75) is 29.9 Å². The Morgan fingerprint density at radius 3 is 2.86 bits per heavy atom. The molecule has 0 saturated carbocycles. The number of nitrogens with two attached hydrogens (primary N) is 1. The quantitative estimate of drug-likeness (QED) is 0.532. The molecule has 5 N–H and O–H groups in total. The molecule has 2 amide bonds. The Morgan fingerprint density at radius 1 is 1.41 bits per heavy atom. The first-order valence-electron chi connectivity index (χ1n) is 6.88. The van der Waals surface area contributed by atoms with E-state index >= 15 is 0 Å². The molecule has 0 spiro atoms. The number of hydrazine groups is 1. The third-order valence-corrected chi connectivity index (χ3v) is 4.40. The number of nitrogens with one attached hydrogen (secondary N) is 3. The number of carbonyl (C=O) groups is 2. The molecule has 1 aliphatic rings. The van der Waals surface area contributed by atoms with E-state index in [1.54, 1.807) is 7.11 Å². The van der Waals surface area contributed by atoms with Crippen molar-refractivity contribution in [2.24, 2.45) is 5.73 Å². The minimum Gasteiger partial charge on any atom is -0.497 e. The summed E-state index contributed by atoms with van der Waals surface area (Å²) < 4.78 is 5.14. The van der Waals surface area contributed by atoms with Crippen molar-refractivity contribution in [1.29, 1.82) is 0 Å². The fourth-order valence-electron chi connectivity index (χ4n) is 2.21. The largest absolute Gasteiger partial charge is 0.497 e. The number of primary amides is 1. The van der Waals surface area contributed by atoms with Crippen LogP contribution in [-0.4, -0.2) is 42.8 Å². The molecular weight excluding hydrogens is 304 g/mol. The summed E-state index contributed by atoms with van der Waals surface area (Å²) in [7, 11) is 1.60. The summed E-state index contributed by atoms with van der Waals surface area (Å²) in [5.74, 6) is 0.350. The van der Waals surface area contributed by atoms with Crippen molar-refractivity contribution in [2.75, 3.05) is 12.9 Å². The summed E-state index contributed by atoms with van der Waals surface area (Å²) in [6.45, 7) is 1.87. The molecule has 0 radical (unpaired) electrons. The van der Waals surface area contributed by atoms with Gasteiger partial charge < -0.3 is 15.8 Å². The third-order valence-electron chi connectivity index (χ3n) is 3.41. The van der Waals surface area contributed by atoms with Crippen LogP contribution in [0.15, 0.2) is 29.2 Å². The molecule has 0 aromatic heterocycles. The average molecular weight is 324 g/mol. The lowest BCUT2D eigenvalue weighted by Crippen LogP contribution is -2.53. The number of benzene rings is 1. The van der Waals surface area contributed by atoms with E-state index < -0.39 is 11.9 Å². The summed E-state index contributed by atoms with van der Waals surface area (Å²) in [5.41, 5.74) is 11.0. The van der Waals surface area contributed by atoms with E-state index in [9.17, 15) is 9.59 Å². The van der Waals surface area contributed by atoms with Crippen molar-refractivity contribution >= 4 is 23.6 Å². The lowest BCUT2D eigenvalue weighted by atomic mass is 10.0. The minimum absolute atomic E-state index is 0.0803. The van der Waals surface area contributed by atoms with Crippen molar-refractivity contribution in [3.63, 3.8) is 0 Å². The number of carbonyl (C=O) groups excluding carboxylic acids is 2. The predicted molar refractivity (Wildman–Crippen MR) is 84.4 cm³/mol. The number of amides is 2. The first kappa shape index (κ1) is 16.6. The van der Waals surface area contributed by atoms with E-state index in [0.29, 0.717) is 0 Å². The standard InChI is InChI=1S/C14H20N4O3S/c1-8-12(13(14(15)20)18-17-8)16-11(19)7-22-10-5-3-4-9(6-10)21-2/h3-6,8,12-13,17-18H,7H2,1-2H3,(H2,15,20)(H,16,19). The summed E-state index contributed by atoms with van der Waals surface area (Å²) in [5, 5.41) is 2.84. The molecule has 1 aliphatic heterocycles. The molecule has 3 unspecified atom stereocenters. The van der Waals surface area contributed by atoms with Crippen LogP contribution >= 0.6 is 11.8 Å². The molecule has 0 aliphatic carbocycles. The van der Waals surface area contributed by atoms with Crippen molar-refractivity contribution in [3.8, 4) is 5.75 Å². The monoisotopic (exact) mass is 324 g/mol. The van der Waals surface area contributed by atoms with Crippen LogP contribution in [0.4, 0.5) is 0 Å². The van der Waals surface area contributed by atoms with Gasteiger partial charge in [-0.25, -0.2) is 5.43 Å². The summed E-state index contributed by atoms with van der Waals surface area (Å²) in [6, 6.07) is 6.44. The van der Waals surface area contributed by atoms with Gasteiger partial charge in [0.1, 0.15) is 11.8 Å². The van der Waals surface area contributed by atoms with Gasteiger partial charge in [0.25, 0.3) is 0 Å². The van der Waals surface area contributed by atoms with Crippen LogP contribution < -0.4 is 26.6 Å². The number of methoxy groups -OCH3 is 1. The van der Waals surface area contributed by atoms with Gasteiger partial charge in [-0.15, -0.1) is 11.8 Å². The Morgan fingerprint density at radius 2 is 2.18 bits per heavy atom. The van der Waals surface area contributed by atoms with E-state index in [-0.39, 0.29) is 23.7 Å². The zero-order valence-corrected chi connectivity index (χ0v) is 13.3. The van der Waals surface area contributed by atoms with Crippen LogP contribution in [0.25, 0.3) is 0 Å². The number of hydrogen-bond acceptors (Lipinski definition) is 6. The molecule has 8 heteroatoms. The molecule has 3 atom stereocenters. The molecule has 1 fully saturated rings. The smallest absolute Gasteiger partial charge is 0.238 e. The molecule has 7 nitrogen and oxygen atoms in total. The molecule has 1 aromatic carbocycles. The number of rotatable bonds is 6. The van der Waals surface area contributed by atoms with Gasteiger partial charge in [0.15, 0.2) is 0 Å². The van der Waals surface area contributed by atoms with Crippen molar-refractivity contribution in [3.05, 3.63) is 24.3 Å². The molecule has 1 saturated heterocycles. The number of thioether (sulfide) groups is 1.